The van der Waals surface area contributed by atoms with Crippen molar-refractivity contribution in [3.8, 4) is 11.3 Å². The van der Waals surface area contributed by atoms with E-state index in [1.807, 2.05) is 0 Å². The molecule has 0 saturated heterocycles. The molecule has 0 fully saturated rings. The van der Waals surface area contributed by atoms with Crippen molar-refractivity contribution >= 4 is 41.4 Å². The average molecular weight is 448 g/mol. The molecule has 0 radical (unpaired) electrons. The van der Waals surface area contributed by atoms with Crippen molar-refractivity contribution in [3.63, 3.8) is 0 Å². The fourth-order valence-electron chi connectivity index (χ4n) is 2.48. The van der Waals surface area contributed by atoms with E-state index in [1.165, 1.54) is 6.08 Å². The number of aromatic amines is 1. The first-order valence-electron chi connectivity index (χ1n) is 8.85. The van der Waals surface area contributed by atoms with Gasteiger partial charge in [0.05, 0.1) is 11.7 Å². The molecule has 3 aromatic rings. The Balaban J connectivity index is 1.93. The van der Waals surface area contributed by atoms with Crippen LogP contribution < -0.4 is 0 Å². The molecule has 0 atom stereocenters. The number of hydrogen-bond acceptors (Lipinski definition) is 7. The first-order valence-corrected chi connectivity index (χ1v) is 10.0. The molecule has 0 spiro atoms. The van der Waals surface area contributed by atoms with E-state index >= 15 is 0 Å². The molecule has 1 aromatic carbocycles. The first-order chi connectivity index (χ1) is 14.2. The monoisotopic (exact) mass is 447 g/mol. The standard InChI is InChI=1S/C20H18ClN3O5S/c1-10(2)28-19(27)14-6-4-12(21)8-15(14)16-7-5-13(29-16)9-17(18(25)26)30-20-22-11(3)23-24-20/h4-10H,1-3H3,(H,25,26)(H,22,23,24)/b17-9+. The van der Waals surface area contributed by atoms with Crippen molar-refractivity contribution in [3.05, 3.63) is 57.4 Å². The van der Waals surface area contributed by atoms with E-state index in [4.69, 9.17) is 20.8 Å². The molecule has 0 saturated carbocycles. The quantitative estimate of drug-likeness (QED) is 0.301. The van der Waals surface area contributed by atoms with Gasteiger partial charge in [-0.15, -0.1) is 5.10 Å². The molecule has 10 heteroatoms. The summed E-state index contributed by atoms with van der Waals surface area (Å²) in [5.74, 6) is -0.450. The van der Waals surface area contributed by atoms with E-state index in [1.54, 1.807) is 51.1 Å². The van der Waals surface area contributed by atoms with Gasteiger partial charge in [-0.05, 0) is 62.9 Å². The Kier molecular flexibility index (Phi) is 6.63. The largest absolute Gasteiger partial charge is 0.477 e. The lowest BCUT2D eigenvalue weighted by atomic mass is 10.1. The maximum absolute atomic E-state index is 12.4. The van der Waals surface area contributed by atoms with E-state index in [2.05, 4.69) is 15.2 Å². The number of benzene rings is 1. The van der Waals surface area contributed by atoms with E-state index in [0.717, 1.165) is 11.8 Å². The number of thioether (sulfide) groups is 1. The van der Waals surface area contributed by atoms with Gasteiger partial charge >= 0.3 is 11.9 Å². The van der Waals surface area contributed by atoms with Crippen LogP contribution in [-0.2, 0) is 9.53 Å². The number of halogens is 1. The van der Waals surface area contributed by atoms with Crippen LogP contribution in [0.2, 0.25) is 5.02 Å². The van der Waals surface area contributed by atoms with Crippen molar-refractivity contribution in [2.24, 2.45) is 0 Å². The van der Waals surface area contributed by atoms with Crippen molar-refractivity contribution in [2.45, 2.75) is 32.0 Å². The average Bonchev–Trinajstić information content (AvgIpc) is 3.29. The highest BCUT2D eigenvalue weighted by molar-refractivity contribution is 8.04. The number of nitrogens with zero attached hydrogens (tertiary/aromatic N) is 2. The van der Waals surface area contributed by atoms with Gasteiger partial charge in [0.2, 0.25) is 5.16 Å². The lowest BCUT2D eigenvalue weighted by Gasteiger charge is -2.11. The zero-order chi connectivity index (χ0) is 21.8. The highest BCUT2D eigenvalue weighted by atomic mass is 35.5. The van der Waals surface area contributed by atoms with Crippen LogP contribution in [0.3, 0.4) is 0 Å². The van der Waals surface area contributed by atoms with E-state index in [0.29, 0.717) is 27.7 Å². The minimum atomic E-state index is -1.15. The predicted octanol–water partition coefficient (Wildman–Crippen LogP) is 4.81. The Bertz CT molecular complexity index is 1120. The van der Waals surface area contributed by atoms with Crippen LogP contribution >= 0.6 is 23.4 Å². The number of furan rings is 1. The summed E-state index contributed by atoms with van der Waals surface area (Å²) in [6, 6.07) is 7.97. The Morgan fingerprint density at radius 3 is 2.70 bits per heavy atom. The van der Waals surface area contributed by atoms with Gasteiger partial charge in [-0.2, -0.15) is 0 Å². The van der Waals surface area contributed by atoms with Crippen LogP contribution in [0, 0.1) is 6.92 Å². The zero-order valence-electron chi connectivity index (χ0n) is 16.3. The smallest absolute Gasteiger partial charge is 0.342 e. The summed E-state index contributed by atoms with van der Waals surface area (Å²) in [6.45, 7) is 5.22. The zero-order valence-corrected chi connectivity index (χ0v) is 17.9. The Morgan fingerprint density at radius 2 is 2.07 bits per heavy atom. The SMILES string of the molecule is Cc1nc(S/C(=C/c2ccc(-c3cc(Cl)ccc3C(=O)OC(C)C)o2)C(=O)O)n[nH]1. The minimum Gasteiger partial charge on any atom is -0.477 e. The second kappa shape index (κ2) is 9.19. The number of H-pyrrole nitrogens is 1. The second-order valence-electron chi connectivity index (χ2n) is 6.47. The number of hydrogen-bond donors (Lipinski definition) is 2. The van der Waals surface area contributed by atoms with Crippen LogP contribution in [0.5, 0.6) is 0 Å². The number of aliphatic carboxylic acids is 1. The van der Waals surface area contributed by atoms with E-state index < -0.39 is 11.9 Å². The molecular formula is C20H18ClN3O5S. The molecule has 2 N–H and O–H groups in total. The maximum atomic E-state index is 12.4. The summed E-state index contributed by atoms with van der Waals surface area (Å²) >= 11 is 6.99. The summed E-state index contributed by atoms with van der Waals surface area (Å²) in [7, 11) is 0. The molecule has 2 aromatic heterocycles. The lowest BCUT2D eigenvalue weighted by molar-refractivity contribution is -0.131. The number of aromatic nitrogens is 3. The van der Waals surface area contributed by atoms with E-state index in [9.17, 15) is 14.7 Å². The third-order valence-corrected chi connectivity index (χ3v) is 4.81. The molecule has 2 heterocycles. The molecule has 0 bridgehead atoms. The number of rotatable bonds is 7. The number of carbonyl (C=O) groups is 2. The van der Waals surface area contributed by atoms with Crippen molar-refractivity contribution in [2.75, 3.05) is 0 Å². The van der Waals surface area contributed by atoms with Crippen LogP contribution in [-0.4, -0.2) is 38.3 Å². The fourth-order valence-corrected chi connectivity index (χ4v) is 3.39. The number of carboxylic acids is 1. The molecule has 0 aliphatic heterocycles. The van der Waals surface area contributed by atoms with Gasteiger partial charge in [0.1, 0.15) is 22.3 Å². The number of esters is 1. The number of ether oxygens (including phenoxy) is 1. The Labute approximate surface area is 181 Å². The van der Waals surface area contributed by atoms with Crippen LogP contribution in [0.15, 0.2) is 44.8 Å². The summed E-state index contributed by atoms with van der Waals surface area (Å²) < 4.78 is 11.1. The second-order valence-corrected chi connectivity index (χ2v) is 7.91. The van der Waals surface area contributed by atoms with Gasteiger partial charge in [-0.25, -0.2) is 14.6 Å². The normalized spacial score (nSPS) is 11.7. The molecule has 30 heavy (non-hydrogen) atoms. The van der Waals surface area contributed by atoms with Crippen LogP contribution in [0.25, 0.3) is 17.4 Å². The van der Waals surface area contributed by atoms with Gasteiger partial charge < -0.3 is 14.3 Å². The van der Waals surface area contributed by atoms with E-state index in [-0.39, 0.29) is 21.9 Å². The highest BCUT2D eigenvalue weighted by Crippen LogP contribution is 2.32. The third kappa shape index (κ3) is 5.31. The van der Waals surface area contributed by atoms with Gasteiger partial charge in [-0.3, -0.25) is 5.10 Å². The van der Waals surface area contributed by atoms with Crippen molar-refractivity contribution < 1.29 is 23.8 Å². The highest BCUT2D eigenvalue weighted by Gasteiger charge is 2.19. The van der Waals surface area contributed by atoms with Crippen molar-refractivity contribution in [1.82, 2.24) is 15.2 Å². The molecule has 0 amide bonds. The number of aryl methyl sites for hydroxylation is 1. The summed E-state index contributed by atoms with van der Waals surface area (Å²) in [5, 5.41) is 16.8. The Morgan fingerprint density at radius 1 is 1.30 bits per heavy atom. The molecular weight excluding hydrogens is 430 g/mol. The van der Waals surface area contributed by atoms with Gasteiger partial charge in [0, 0.05) is 16.7 Å². The van der Waals surface area contributed by atoms with Crippen LogP contribution in [0.4, 0.5) is 0 Å². The topological polar surface area (TPSA) is 118 Å². The number of nitrogens with one attached hydrogen (secondary N) is 1. The molecule has 0 unspecified atom stereocenters. The third-order valence-electron chi connectivity index (χ3n) is 3.70. The van der Waals surface area contributed by atoms with Crippen molar-refractivity contribution in [1.29, 1.82) is 0 Å². The predicted molar refractivity (Wildman–Crippen MR) is 112 cm³/mol. The number of carbonyl (C=O) groups excluding carboxylic acids is 1. The summed E-state index contributed by atoms with van der Waals surface area (Å²) in [6.07, 6.45) is 1.07. The first kappa shape index (κ1) is 21.7. The number of carboxylic acid groups (broad SMARTS) is 1. The summed E-state index contributed by atoms with van der Waals surface area (Å²) in [4.78, 5) is 28.1. The molecule has 3 rings (SSSR count). The van der Waals surface area contributed by atoms with Gasteiger partial charge in [-0.1, -0.05) is 11.6 Å². The van der Waals surface area contributed by atoms with Gasteiger partial charge in [0.15, 0.2) is 0 Å². The lowest BCUT2D eigenvalue weighted by Crippen LogP contribution is -2.12. The summed E-state index contributed by atoms with van der Waals surface area (Å²) in [5.41, 5.74) is 0.740. The fraction of sp³-hybridized carbons (Fsp3) is 0.200. The minimum absolute atomic E-state index is 0.0274. The maximum Gasteiger partial charge on any atom is 0.342 e. The molecule has 0 aliphatic carbocycles. The Hall–Kier alpha value is -3.04. The molecule has 156 valence electrons. The van der Waals surface area contributed by atoms with Crippen LogP contribution in [0.1, 0.15) is 35.8 Å². The van der Waals surface area contributed by atoms with Gasteiger partial charge in [0.25, 0.3) is 0 Å². The molecule has 0 aliphatic rings. The molecule has 8 nitrogen and oxygen atoms in total.